The average molecular weight is 284 g/mol. The maximum absolute atomic E-state index is 5.29. The van der Waals surface area contributed by atoms with Crippen LogP contribution in [0.3, 0.4) is 0 Å². The summed E-state index contributed by atoms with van der Waals surface area (Å²) >= 11 is 0.0240. The van der Waals surface area contributed by atoms with Crippen LogP contribution in [0.1, 0.15) is 13.8 Å². The van der Waals surface area contributed by atoms with E-state index in [4.69, 9.17) is 4.74 Å². The Kier molecular flexibility index (Phi) is 3.59. The van der Waals surface area contributed by atoms with E-state index >= 15 is 0 Å². The van der Waals surface area contributed by atoms with E-state index in [1.54, 1.807) is 7.11 Å². The third-order valence-electron chi connectivity index (χ3n) is 2.75. The topological polar surface area (TPSA) is 46.0 Å². The molecule has 0 saturated carbocycles. The molecule has 0 spiro atoms. The summed E-state index contributed by atoms with van der Waals surface area (Å²) in [6.45, 7) is 4.15. The van der Waals surface area contributed by atoms with Crippen molar-refractivity contribution in [2.24, 2.45) is 7.92 Å². The number of hydrogen-bond acceptors (Lipinski definition) is 4. The molecule has 1 heterocycles. The molecule has 1 N–H and O–H groups in total. The zero-order valence-corrected chi connectivity index (χ0v) is 11.3. The number of anilines is 1. The number of methoxy groups -OCH3 is 1. The molecule has 0 aliphatic carbocycles. The Morgan fingerprint density at radius 2 is 2.12 bits per heavy atom. The summed E-state index contributed by atoms with van der Waals surface area (Å²) in [6.07, 6.45) is 0.166. The first kappa shape index (κ1) is 11.6. The van der Waals surface area contributed by atoms with Crippen LogP contribution in [-0.4, -0.2) is 33.8 Å². The van der Waals surface area contributed by atoms with Crippen LogP contribution >= 0.6 is 0 Å². The second-order valence-corrected chi connectivity index (χ2v) is 4.92. The molecule has 2 unspecified atom stereocenters. The summed E-state index contributed by atoms with van der Waals surface area (Å²) in [6, 6.07) is 6.30. The van der Waals surface area contributed by atoms with E-state index in [9.17, 15) is 0 Å². The first-order valence-electron chi connectivity index (χ1n) is 5.23. The van der Waals surface area contributed by atoms with Crippen molar-refractivity contribution >= 4 is 31.6 Å². The van der Waals surface area contributed by atoms with E-state index in [0.717, 1.165) is 17.1 Å². The summed E-state index contributed by atoms with van der Waals surface area (Å²) in [5.41, 5.74) is 3.05. The van der Waals surface area contributed by atoms with Crippen molar-refractivity contribution in [3.8, 4) is 0 Å². The van der Waals surface area contributed by atoms with Gasteiger partial charge < -0.3 is 0 Å². The van der Waals surface area contributed by atoms with Crippen LogP contribution in [0.5, 0.6) is 0 Å². The standard InChI is InChI=1S/C11H15N3OSe/c1-7(8(2)15-3)12-9-5-4-6-10-11(9)14-16-13-10/h4-8,12H,1-3H3. The molecule has 16 heavy (non-hydrogen) atoms. The summed E-state index contributed by atoms with van der Waals surface area (Å²) in [5.74, 6) is 0. The average Bonchev–Trinajstić information content (AvgIpc) is 2.77. The van der Waals surface area contributed by atoms with Crippen LogP contribution < -0.4 is 5.32 Å². The molecule has 1 aliphatic heterocycles. The minimum atomic E-state index is 0.0240. The Hall–Kier alpha value is -0.901. The Morgan fingerprint density at radius 1 is 1.31 bits per heavy atom. The van der Waals surface area contributed by atoms with Gasteiger partial charge in [-0.15, -0.1) is 0 Å². The predicted octanol–water partition coefficient (Wildman–Crippen LogP) is 2.87. The fourth-order valence-electron chi connectivity index (χ4n) is 1.49. The second-order valence-electron chi connectivity index (χ2n) is 3.81. The molecule has 0 aromatic heterocycles. The maximum atomic E-state index is 5.29. The number of nitrogens with one attached hydrogen (secondary N) is 1. The molecule has 4 nitrogen and oxygen atoms in total. The van der Waals surface area contributed by atoms with Gasteiger partial charge >= 0.3 is 101 Å². The fraction of sp³-hybridized carbons (Fsp3) is 0.455. The van der Waals surface area contributed by atoms with Crippen LogP contribution in [0.15, 0.2) is 26.1 Å². The summed E-state index contributed by atoms with van der Waals surface area (Å²) in [7, 11) is 1.72. The van der Waals surface area contributed by atoms with Crippen molar-refractivity contribution in [2.45, 2.75) is 26.0 Å². The molecule has 0 amide bonds. The fourth-order valence-corrected chi connectivity index (χ4v) is 2.64. The number of hydrogen-bond donors (Lipinski definition) is 1. The van der Waals surface area contributed by atoms with E-state index in [0.29, 0.717) is 0 Å². The third kappa shape index (κ3) is 2.26. The molecule has 0 radical (unpaired) electrons. The molecular weight excluding hydrogens is 269 g/mol. The molecule has 0 fully saturated rings. The van der Waals surface area contributed by atoms with Crippen LogP contribution in [0.4, 0.5) is 17.1 Å². The number of benzene rings is 1. The van der Waals surface area contributed by atoms with Gasteiger partial charge in [-0.25, -0.2) is 0 Å². The van der Waals surface area contributed by atoms with E-state index in [-0.39, 0.29) is 26.7 Å². The van der Waals surface area contributed by atoms with Gasteiger partial charge in [-0.3, -0.25) is 0 Å². The number of fused-ring (bicyclic) bond motifs is 1. The van der Waals surface area contributed by atoms with Crippen LogP contribution in [-0.2, 0) is 4.74 Å². The van der Waals surface area contributed by atoms with Gasteiger partial charge in [0.15, 0.2) is 0 Å². The Labute approximate surface area is 101 Å². The summed E-state index contributed by atoms with van der Waals surface area (Å²) in [5, 5.41) is 3.42. The van der Waals surface area contributed by atoms with Crippen LogP contribution in [0, 0.1) is 0 Å². The van der Waals surface area contributed by atoms with Crippen LogP contribution in [0.25, 0.3) is 0 Å². The monoisotopic (exact) mass is 285 g/mol. The summed E-state index contributed by atoms with van der Waals surface area (Å²) in [4.78, 5) is 0. The van der Waals surface area contributed by atoms with Gasteiger partial charge in [0.2, 0.25) is 0 Å². The number of nitrogens with zero attached hydrogens (tertiary/aromatic N) is 2. The van der Waals surface area contributed by atoms with E-state index < -0.39 is 0 Å². The number of ether oxygens (including phenoxy) is 1. The van der Waals surface area contributed by atoms with Crippen molar-refractivity contribution in [3.05, 3.63) is 18.2 Å². The molecule has 0 saturated heterocycles. The first-order chi connectivity index (χ1) is 7.72. The van der Waals surface area contributed by atoms with Gasteiger partial charge in [0.25, 0.3) is 0 Å². The molecule has 1 aliphatic rings. The minimum absolute atomic E-state index is 0.0240. The number of rotatable bonds is 4. The summed E-state index contributed by atoms with van der Waals surface area (Å²) < 4.78 is 14.1. The van der Waals surface area contributed by atoms with E-state index in [2.05, 4.69) is 20.2 Å². The molecule has 5 heteroatoms. The van der Waals surface area contributed by atoms with Crippen molar-refractivity contribution in [3.63, 3.8) is 0 Å². The van der Waals surface area contributed by atoms with Gasteiger partial charge in [-0.2, -0.15) is 0 Å². The van der Waals surface area contributed by atoms with Crippen molar-refractivity contribution < 1.29 is 4.74 Å². The quantitative estimate of drug-likeness (QED) is 0.877. The SMILES string of the molecule is COC(C)C(C)Nc1cccc2c1N=[Se]=N2. The zero-order valence-electron chi connectivity index (χ0n) is 9.60. The molecule has 1 aromatic carbocycles. The second kappa shape index (κ2) is 4.95. The molecule has 86 valence electrons. The van der Waals surface area contributed by atoms with Gasteiger partial charge in [0, 0.05) is 0 Å². The van der Waals surface area contributed by atoms with Gasteiger partial charge in [-0.05, 0) is 0 Å². The zero-order chi connectivity index (χ0) is 11.5. The normalized spacial score (nSPS) is 16.4. The van der Waals surface area contributed by atoms with Gasteiger partial charge in [-0.1, -0.05) is 0 Å². The van der Waals surface area contributed by atoms with Gasteiger partial charge in [0.05, 0.1) is 0 Å². The predicted molar refractivity (Wildman–Crippen MR) is 65.9 cm³/mol. The molecular formula is C11H15N3OSe. The Morgan fingerprint density at radius 3 is 2.88 bits per heavy atom. The Balaban J connectivity index is 2.17. The molecule has 2 rings (SSSR count). The van der Waals surface area contributed by atoms with Crippen LogP contribution in [0.2, 0.25) is 0 Å². The molecule has 2 atom stereocenters. The van der Waals surface area contributed by atoms with E-state index in [1.165, 1.54) is 0 Å². The Bertz CT molecular complexity index is 455. The van der Waals surface area contributed by atoms with E-state index in [1.807, 2.05) is 25.1 Å². The third-order valence-corrected chi connectivity index (χ3v) is 3.88. The van der Waals surface area contributed by atoms with Crippen molar-refractivity contribution in [2.75, 3.05) is 12.4 Å². The molecule has 0 bridgehead atoms. The van der Waals surface area contributed by atoms with Gasteiger partial charge in [0.1, 0.15) is 0 Å². The van der Waals surface area contributed by atoms with Crippen molar-refractivity contribution in [1.82, 2.24) is 0 Å². The molecule has 1 aromatic rings. The van der Waals surface area contributed by atoms with Crippen molar-refractivity contribution in [1.29, 1.82) is 0 Å². The first-order valence-corrected chi connectivity index (χ1v) is 6.76.